The second-order valence-electron chi connectivity index (χ2n) is 4.67. The Labute approximate surface area is 142 Å². The molecular formula is C15H27O8P. The Morgan fingerprint density at radius 2 is 1.29 bits per heavy atom. The minimum absolute atomic E-state index is 0.0573. The van der Waals surface area contributed by atoms with Crippen LogP contribution in [0.15, 0.2) is 0 Å². The first-order chi connectivity index (χ1) is 11.3. The highest BCUT2D eigenvalue weighted by Crippen LogP contribution is 2.55. The van der Waals surface area contributed by atoms with Gasteiger partial charge < -0.3 is 18.5 Å². The molecule has 0 spiro atoms. The fraction of sp³-hybridized carbons (Fsp3) is 0.800. The average Bonchev–Trinajstić information content (AvgIpc) is 2.51. The summed E-state index contributed by atoms with van der Waals surface area (Å²) in [7, 11) is -3.84. The highest BCUT2D eigenvalue weighted by molar-refractivity contribution is 7.55. The van der Waals surface area contributed by atoms with Crippen molar-refractivity contribution in [2.75, 3.05) is 26.4 Å². The molecule has 0 aromatic carbocycles. The Morgan fingerprint density at radius 1 is 0.792 bits per heavy atom. The van der Waals surface area contributed by atoms with Crippen LogP contribution in [-0.2, 0) is 37.5 Å². The Kier molecular flexibility index (Phi) is 11.5. The number of carbonyl (C=O) groups is 3. The molecule has 0 aliphatic rings. The molecule has 0 saturated heterocycles. The molecule has 0 aromatic rings. The van der Waals surface area contributed by atoms with Crippen molar-refractivity contribution in [3.8, 4) is 0 Å². The summed E-state index contributed by atoms with van der Waals surface area (Å²) in [6.45, 7) is 6.95. The van der Waals surface area contributed by atoms with Crippen LogP contribution in [-0.4, -0.2) is 49.8 Å². The predicted octanol–water partition coefficient (Wildman–Crippen LogP) is 2.49. The molecule has 0 bridgehead atoms. The number of ether oxygens (including phenoxy) is 2. The molecule has 140 valence electrons. The van der Waals surface area contributed by atoms with Gasteiger partial charge in [0, 0.05) is 6.42 Å². The van der Waals surface area contributed by atoms with E-state index in [4.69, 9.17) is 18.5 Å². The summed E-state index contributed by atoms with van der Waals surface area (Å²) in [5.74, 6) is -1.77. The summed E-state index contributed by atoms with van der Waals surface area (Å²) in [4.78, 5) is 35.6. The average molecular weight is 366 g/mol. The van der Waals surface area contributed by atoms with Gasteiger partial charge in [0.05, 0.1) is 39.3 Å². The van der Waals surface area contributed by atoms with Crippen LogP contribution < -0.4 is 0 Å². The summed E-state index contributed by atoms with van der Waals surface area (Å²) < 4.78 is 32.8. The number of carbonyl (C=O) groups excluding carboxylic acids is 3. The van der Waals surface area contributed by atoms with E-state index in [-0.39, 0.29) is 39.3 Å². The molecule has 9 heteroatoms. The third kappa shape index (κ3) is 8.04. The van der Waals surface area contributed by atoms with Crippen molar-refractivity contribution in [3.63, 3.8) is 0 Å². The lowest BCUT2D eigenvalue weighted by Gasteiger charge is -2.24. The molecule has 0 heterocycles. The quantitative estimate of drug-likeness (QED) is 0.362. The molecule has 0 aromatic heterocycles. The van der Waals surface area contributed by atoms with Gasteiger partial charge in [0.2, 0.25) is 0 Å². The zero-order valence-corrected chi connectivity index (χ0v) is 15.6. The largest absolute Gasteiger partial charge is 0.466 e. The highest BCUT2D eigenvalue weighted by Gasteiger charge is 2.42. The molecular weight excluding hydrogens is 339 g/mol. The maximum atomic E-state index is 12.9. The van der Waals surface area contributed by atoms with Crippen LogP contribution in [0.4, 0.5) is 0 Å². The van der Waals surface area contributed by atoms with E-state index in [2.05, 4.69) is 0 Å². The third-order valence-electron chi connectivity index (χ3n) is 2.92. The van der Waals surface area contributed by atoms with E-state index in [1.54, 1.807) is 27.7 Å². The molecule has 0 aliphatic carbocycles. The van der Waals surface area contributed by atoms with Crippen molar-refractivity contribution < 1.29 is 37.5 Å². The zero-order valence-electron chi connectivity index (χ0n) is 14.7. The SMILES string of the molecule is CCOC(=O)CCC(=O)C(CC(=O)OCC)P(=O)(OCC)OCC. The van der Waals surface area contributed by atoms with Gasteiger partial charge in [-0.15, -0.1) is 0 Å². The van der Waals surface area contributed by atoms with Gasteiger partial charge in [0.15, 0.2) is 0 Å². The Bertz CT molecular complexity index is 452. The van der Waals surface area contributed by atoms with Crippen molar-refractivity contribution in [1.29, 1.82) is 0 Å². The summed E-state index contributed by atoms with van der Waals surface area (Å²) in [6, 6.07) is 0. The number of hydrogen-bond donors (Lipinski definition) is 0. The van der Waals surface area contributed by atoms with Gasteiger partial charge in [0.25, 0.3) is 0 Å². The number of ketones is 1. The van der Waals surface area contributed by atoms with Crippen molar-refractivity contribution in [1.82, 2.24) is 0 Å². The smallest absolute Gasteiger partial charge is 0.341 e. The van der Waals surface area contributed by atoms with Gasteiger partial charge in [-0.25, -0.2) is 0 Å². The molecule has 0 fully saturated rings. The first-order valence-corrected chi connectivity index (χ1v) is 9.68. The molecule has 1 unspecified atom stereocenters. The van der Waals surface area contributed by atoms with Crippen LogP contribution in [0, 0.1) is 0 Å². The maximum Gasteiger partial charge on any atom is 0.341 e. The summed E-state index contributed by atoms with van der Waals surface area (Å²) in [6.07, 6.45) is -0.802. The molecule has 0 saturated carbocycles. The first kappa shape index (κ1) is 22.8. The van der Waals surface area contributed by atoms with E-state index < -0.39 is 37.4 Å². The standard InChI is InChI=1S/C15H27O8P/c1-5-20-14(17)10-9-12(16)13(11-15(18)21-6-2)24(19,22-7-3)23-8-4/h13H,5-11H2,1-4H3. The molecule has 0 amide bonds. The fourth-order valence-corrected chi connectivity index (χ4v) is 3.99. The second kappa shape index (κ2) is 12.2. The monoisotopic (exact) mass is 366 g/mol. The van der Waals surface area contributed by atoms with Gasteiger partial charge >= 0.3 is 19.5 Å². The van der Waals surface area contributed by atoms with Crippen molar-refractivity contribution in [2.24, 2.45) is 0 Å². The van der Waals surface area contributed by atoms with Crippen LogP contribution in [0.1, 0.15) is 47.0 Å². The molecule has 0 rings (SSSR count). The first-order valence-electron chi connectivity index (χ1n) is 8.07. The Hall–Kier alpha value is -1.24. The minimum Gasteiger partial charge on any atom is -0.466 e. The predicted molar refractivity (Wildman–Crippen MR) is 86.8 cm³/mol. The molecule has 24 heavy (non-hydrogen) atoms. The number of esters is 2. The van der Waals surface area contributed by atoms with Crippen molar-refractivity contribution in [3.05, 3.63) is 0 Å². The van der Waals surface area contributed by atoms with Crippen molar-refractivity contribution >= 4 is 25.3 Å². The van der Waals surface area contributed by atoms with Gasteiger partial charge in [-0.2, -0.15) is 0 Å². The lowest BCUT2D eigenvalue weighted by molar-refractivity contribution is -0.145. The molecule has 0 aliphatic heterocycles. The van der Waals surface area contributed by atoms with Gasteiger partial charge in [-0.3, -0.25) is 18.9 Å². The fourth-order valence-electron chi connectivity index (χ4n) is 1.98. The van der Waals surface area contributed by atoms with Crippen LogP contribution in [0.2, 0.25) is 0 Å². The lowest BCUT2D eigenvalue weighted by atomic mass is 10.1. The topological polar surface area (TPSA) is 105 Å². The molecule has 8 nitrogen and oxygen atoms in total. The number of rotatable bonds is 13. The summed E-state index contributed by atoms with van der Waals surface area (Å²) in [5, 5.41) is 0. The van der Waals surface area contributed by atoms with Gasteiger partial charge in [-0.1, -0.05) is 0 Å². The van der Waals surface area contributed by atoms with E-state index in [0.717, 1.165) is 0 Å². The van der Waals surface area contributed by atoms with E-state index >= 15 is 0 Å². The lowest BCUT2D eigenvalue weighted by Crippen LogP contribution is -2.28. The van der Waals surface area contributed by atoms with Gasteiger partial charge in [0.1, 0.15) is 11.4 Å². The van der Waals surface area contributed by atoms with E-state index in [1.165, 1.54) is 0 Å². The maximum absolute atomic E-state index is 12.9. The molecule has 0 radical (unpaired) electrons. The Morgan fingerprint density at radius 3 is 1.75 bits per heavy atom. The molecule has 0 N–H and O–H groups in total. The van der Waals surface area contributed by atoms with E-state index in [9.17, 15) is 18.9 Å². The van der Waals surface area contributed by atoms with Crippen molar-refractivity contribution in [2.45, 2.75) is 52.6 Å². The number of Topliss-reactive ketones (excluding diaryl/α,β-unsaturated/α-hetero) is 1. The molecule has 1 atom stereocenters. The second-order valence-corrected chi connectivity index (χ2v) is 6.89. The van der Waals surface area contributed by atoms with Crippen LogP contribution in [0.5, 0.6) is 0 Å². The minimum atomic E-state index is -3.84. The van der Waals surface area contributed by atoms with Crippen LogP contribution in [0.25, 0.3) is 0 Å². The third-order valence-corrected chi connectivity index (χ3v) is 5.39. The highest BCUT2D eigenvalue weighted by atomic mass is 31.2. The normalized spacial score (nSPS) is 12.5. The number of hydrogen-bond acceptors (Lipinski definition) is 8. The zero-order chi connectivity index (χ0) is 18.6. The van der Waals surface area contributed by atoms with Crippen LogP contribution in [0.3, 0.4) is 0 Å². The van der Waals surface area contributed by atoms with Gasteiger partial charge in [-0.05, 0) is 27.7 Å². The Balaban J connectivity index is 5.21. The van der Waals surface area contributed by atoms with E-state index in [1.807, 2.05) is 0 Å². The van der Waals surface area contributed by atoms with Crippen LogP contribution >= 0.6 is 7.60 Å². The summed E-state index contributed by atoms with van der Waals surface area (Å²) in [5.41, 5.74) is -1.30. The summed E-state index contributed by atoms with van der Waals surface area (Å²) >= 11 is 0. The van der Waals surface area contributed by atoms with E-state index in [0.29, 0.717) is 0 Å².